The molecule has 0 saturated carbocycles. The van der Waals surface area contributed by atoms with E-state index in [4.69, 9.17) is 4.99 Å². The summed E-state index contributed by atoms with van der Waals surface area (Å²) in [6, 6.07) is 0.641. The summed E-state index contributed by atoms with van der Waals surface area (Å²) in [5.41, 5.74) is 0. The molecule has 1 atom stereocenters. The molecule has 0 aliphatic carbocycles. The first-order valence-electron chi connectivity index (χ1n) is 10.7. The van der Waals surface area contributed by atoms with Crippen molar-refractivity contribution in [2.45, 2.75) is 65.3 Å². The van der Waals surface area contributed by atoms with Crippen LogP contribution in [0.15, 0.2) is 4.99 Å². The van der Waals surface area contributed by atoms with Gasteiger partial charge in [-0.25, -0.2) is 0 Å². The van der Waals surface area contributed by atoms with Gasteiger partial charge in [-0.05, 0) is 84.1 Å². The monoisotopic (exact) mass is 351 g/mol. The molecule has 1 unspecified atom stereocenters. The van der Waals surface area contributed by atoms with Crippen molar-refractivity contribution >= 4 is 5.96 Å². The lowest BCUT2D eigenvalue weighted by Crippen LogP contribution is -2.40. The van der Waals surface area contributed by atoms with E-state index in [9.17, 15) is 0 Å². The first-order valence-corrected chi connectivity index (χ1v) is 10.7. The normalized spacial score (nSPS) is 24.0. The molecular formula is C20H41N5. The van der Waals surface area contributed by atoms with Gasteiger partial charge in [0.25, 0.3) is 0 Å². The van der Waals surface area contributed by atoms with Crippen molar-refractivity contribution in [2.24, 2.45) is 10.9 Å². The van der Waals surface area contributed by atoms with Crippen LogP contribution in [0.5, 0.6) is 0 Å². The summed E-state index contributed by atoms with van der Waals surface area (Å²) in [6.45, 7) is 15.9. The van der Waals surface area contributed by atoms with Crippen LogP contribution < -0.4 is 10.6 Å². The lowest BCUT2D eigenvalue weighted by atomic mass is 9.99. The summed E-state index contributed by atoms with van der Waals surface area (Å²) in [4.78, 5) is 10.0. The summed E-state index contributed by atoms with van der Waals surface area (Å²) in [6.07, 6.45) is 7.89. The van der Waals surface area contributed by atoms with Crippen molar-refractivity contribution in [3.8, 4) is 0 Å². The molecule has 0 aromatic carbocycles. The standard InChI is InChI=1S/C20H41N5/c1-4-21-20(23-17-19-9-8-14-25(19)5-2)22-12-6-7-13-24-15-10-18(3)11-16-24/h18-19H,4-17H2,1-3H3,(H2,21,22,23). The molecule has 2 heterocycles. The van der Waals surface area contributed by atoms with Crippen LogP contribution in [0.25, 0.3) is 0 Å². The van der Waals surface area contributed by atoms with Gasteiger partial charge in [0.05, 0.1) is 6.54 Å². The molecule has 146 valence electrons. The van der Waals surface area contributed by atoms with Gasteiger partial charge < -0.3 is 15.5 Å². The molecule has 2 aliphatic rings. The highest BCUT2D eigenvalue weighted by molar-refractivity contribution is 5.79. The Morgan fingerprint density at radius 1 is 1.04 bits per heavy atom. The molecule has 2 N–H and O–H groups in total. The summed E-state index contributed by atoms with van der Waals surface area (Å²) in [5.74, 6) is 1.93. The van der Waals surface area contributed by atoms with Crippen molar-refractivity contribution in [3.63, 3.8) is 0 Å². The van der Waals surface area contributed by atoms with E-state index in [0.29, 0.717) is 6.04 Å². The van der Waals surface area contributed by atoms with E-state index in [1.807, 2.05) is 0 Å². The van der Waals surface area contributed by atoms with E-state index in [-0.39, 0.29) is 0 Å². The average Bonchev–Trinajstić information content (AvgIpc) is 3.08. The zero-order valence-corrected chi connectivity index (χ0v) is 16.9. The van der Waals surface area contributed by atoms with Crippen LogP contribution in [0.1, 0.15) is 59.3 Å². The number of rotatable bonds is 9. The first kappa shape index (κ1) is 20.5. The number of likely N-dealkylation sites (tertiary alicyclic amines) is 2. The first-order chi connectivity index (χ1) is 12.2. The molecular weight excluding hydrogens is 310 g/mol. The Morgan fingerprint density at radius 3 is 2.56 bits per heavy atom. The predicted molar refractivity (Wildman–Crippen MR) is 108 cm³/mol. The number of nitrogens with zero attached hydrogens (tertiary/aromatic N) is 3. The number of guanidine groups is 1. The summed E-state index contributed by atoms with van der Waals surface area (Å²) in [7, 11) is 0. The molecule has 0 spiro atoms. The van der Waals surface area contributed by atoms with Gasteiger partial charge in [0, 0.05) is 19.1 Å². The second-order valence-electron chi connectivity index (χ2n) is 7.80. The van der Waals surface area contributed by atoms with E-state index in [1.165, 1.54) is 64.7 Å². The largest absolute Gasteiger partial charge is 0.357 e. The van der Waals surface area contributed by atoms with Crippen LogP contribution in [0.4, 0.5) is 0 Å². The average molecular weight is 352 g/mol. The summed E-state index contributed by atoms with van der Waals surface area (Å²) < 4.78 is 0. The molecule has 2 aliphatic heterocycles. The van der Waals surface area contributed by atoms with Gasteiger partial charge in [0.2, 0.25) is 0 Å². The predicted octanol–water partition coefficient (Wildman–Crippen LogP) is 2.54. The summed E-state index contributed by atoms with van der Waals surface area (Å²) in [5, 5.41) is 6.92. The molecule has 2 fully saturated rings. The van der Waals surface area contributed by atoms with E-state index >= 15 is 0 Å². The molecule has 5 heteroatoms. The van der Waals surface area contributed by atoms with Gasteiger partial charge in [0.15, 0.2) is 5.96 Å². The van der Waals surface area contributed by atoms with Crippen molar-refractivity contribution in [2.75, 3.05) is 52.4 Å². The SMILES string of the molecule is CCNC(=NCC1CCCN1CC)NCCCCN1CCC(C)CC1. The Hall–Kier alpha value is -0.810. The number of piperidine rings is 1. The Bertz CT molecular complexity index is 376. The van der Waals surface area contributed by atoms with E-state index < -0.39 is 0 Å². The minimum atomic E-state index is 0.641. The maximum absolute atomic E-state index is 4.83. The molecule has 0 radical (unpaired) electrons. The zero-order valence-electron chi connectivity index (χ0n) is 16.9. The molecule has 25 heavy (non-hydrogen) atoms. The van der Waals surface area contributed by atoms with Crippen molar-refractivity contribution < 1.29 is 0 Å². The van der Waals surface area contributed by atoms with Crippen LogP contribution in [0.2, 0.25) is 0 Å². The van der Waals surface area contributed by atoms with E-state index in [0.717, 1.165) is 38.1 Å². The van der Waals surface area contributed by atoms with Gasteiger partial charge in [-0.3, -0.25) is 9.89 Å². The maximum Gasteiger partial charge on any atom is 0.191 e. The van der Waals surface area contributed by atoms with E-state index in [2.05, 4.69) is 41.2 Å². The van der Waals surface area contributed by atoms with Crippen LogP contribution in [-0.4, -0.2) is 74.2 Å². The summed E-state index contributed by atoms with van der Waals surface area (Å²) >= 11 is 0. The lowest BCUT2D eigenvalue weighted by molar-refractivity contribution is 0.189. The number of nitrogens with one attached hydrogen (secondary N) is 2. The van der Waals surface area contributed by atoms with Crippen LogP contribution in [-0.2, 0) is 0 Å². The second kappa shape index (κ2) is 11.7. The third-order valence-corrected chi connectivity index (χ3v) is 5.78. The van der Waals surface area contributed by atoms with Crippen molar-refractivity contribution in [3.05, 3.63) is 0 Å². The highest BCUT2D eigenvalue weighted by Gasteiger charge is 2.22. The van der Waals surface area contributed by atoms with Crippen LogP contribution in [0, 0.1) is 5.92 Å². The van der Waals surface area contributed by atoms with E-state index in [1.54, 1.807) is 0 Å². The number of hydrogen-bond acceptors (Lipinski definition) is 3. The van der Waals surface area contributed by atoms with Crippen LogP contribution >= 0.6 is 0 Å². The fourth-order valence-electron chi connectivity index (χ4n) is 4.01. The Morgan fingerprint density at radius 2 is 1.84 bits per heavy atom. The quantitative estimate of drug-likeness (QED) is 0.381. The molecule has 0 aromatic rings. The topological polar surface area (TPSA) is 42.9 Å². The van der Waals surface area contributed by atoms with Crippen molar-refractivity contribution in [1.29, 1.82) is 0 Å². The third kappa shape index (κ3) is 7.53. The van der Waals surface area contributed by atoms with Crippen molar-refractivity contribution in [1.82, 2.24) is 20.4 Å². The zero-order chi connectivity index (χ0) is 17.9. The van der Waals surface area contributed by atoms with Gasteiger partial charge >= 0.3 is 0 Å². The smallest absolute Gasteiger partial charge is 0.191 e. The fraction of sp³-hybridized carbons (Fsp3) is 0.950. The van der Waals surface area contributed by atoms with Crippen LogP contribution in [0.3, 0.4) is 0 Å². The highest BCUT2D eigenvalue weighted by Crippen LogP contribution is 2.17. The number of unbranched alkanes of at least 4 members (excludes halogenated alkanes) is 1. The van der Waals surface area contributed by atoms with Gasteiger partial charge in [-0.1, -0.05) is 13.8 Å². The molecule has 0 aromatic heterocycles. The highest BCUT2D eigenvalue weighted by atomic mass is 15.2. The number of aliphatic imine (C=N–C) groups is 1. The molecule has 0 amide bonds. The maximum atomic E-state index is 4.83. The minimum absolute atomic E-state index is 0.641. The Balaban J connectivity index is 1.61. The Labute approximate surface area is 155 Å². The number of likely N-dealkylation sites (N-methyl/N-ethyl adjacent to an activating group) is 1. The molecule has 0 bridgehead atoms. The van der Waals surface area contributed by atoms with Gasteiger partial charge in [-0.2, -0.15) is 0 Å². The minimum Gasteiger partial charge on any atom is -0.357 e. The number of hydrogen-bond donors (Lipinski definition) is 2. The lowest BCUT2D eigenvalue weighted by Gasteiger charge is -2.30. The Kier molecular flexibility index (Phi) is 9.63. The van der Waals surface area contributed by atoms with Gasteiger partial charge in [-0.15, -0.1) is 0 Å². The molecule has 5 nitrogen and oxygen atoms in total. The molecule has 2 rings (SSSR count). The third-order valence-electron chi connectivity index (χ3n) is 5.78. The molecule has 2 saturated heterocycles. The fourth-order valence-corrected chi connectivity index (χ4v) is 4.01. The second-order valence-corrected chi connectivity index (χ2v) is 7.80. The van der Waals surface area contributed by atoms with Gasteiger partial charge in [0.1, 0.15) is 0 Å².